The van der Waals surface area contributed by atoms with Crippen molar-refractivity contribution in [2.24, 2.45) is 5.92 Å². The van der Waals surface area contributed by atoms with Crippen LogP contribution in [0.4, 0.5) is 0 Å². The molecule has 0 unspecified atom stereocenters. The summed E-state index contributed by atoms with van der Waals surface area (Å²) in [6.45, 7) is 4.19. The number of rotatable bonds is 7. The SMILES string of the molecule is CC(C)Cc1nnc(CCCCC(=O)O)o1. The monoisotopic (exact) mass is 226 g/mol. The van der Waals surface area contributed by atoms with Crippen molar-refractivity contribution >= 4 is 5.97 Å². The van der Waals surface area contributed by atoms with Crippen LogP contribution < -0.4 is 0 Å². The van der Waals surface area contributed by atoms with Crippen LogP contribution >= 0.6 is 0 Å². The Labute approximate surface area is 94.9 Å². The van der Waals surface area contributed by atoms with Gasteiger partial charge in [-0.05, 0) is 18.8 Å². The van der Waals surface area contributed by atoms with Gasteiger partial charge in [0.05, 0.1) is 0 Å². The van der Waals surface area contributed by atoms with E-state index in [9.17, 15) is 4.79 Å². The molecule has 0 aliphatic carbocycles. The number of hydrogen-bond acceptors (Lipinski definition) is 4. The third-order valence-corrected chi connectivity index (χ3v) is 2.12. The van der Waals surface area contributed by atoms with Crippen LogP contribution in [-0.2, 0) is 17.6 Å². The summed E-state index contributed by atoms with van der Waals surface area (Å²) in [5.74, 6) is 1.02. The van der Waals surface area contributed by atoms with Crippen molar-refractivity contribution in [2.75, 3.05) is 0 Å². The molecule has 0 atom stereocenters. The number of aromatic nitrogens is 2. The van der Waals surface area contributed by atoms with Crippen molar-refractivity contribution in [3.63, 3.8) is 0 Å². The number of carboxylic acid groups (broad SMARTS) is 1. The molecular weight excluding hydrogens is 208 g/mol. The van der Waals surface area contributed by atoms with Gasteiger partial charge in [0.15, 0.2) is 0 Å². The first kappa shape index (κ1) is 12.7. The molecule has 1 rings (SSSR count). The molecule has 0 radical (unpaired) electrons. The van der Waals surface area contributed by atoms with Gasteiger partial charge in [-0.25, -0.2) is 0 Å². The van der Waals surface area contributed by atoms with Gasteiger partial charge in [-0.15, -0.1) is 10.2 Å². The van der Waals surface area contributed by atoms with E-state index in [2.05, 4.69) is 24.0 Å². The summed E-state index contributed by atoms with van der Waals surface area (Å²) in [5.41, 5.74) is 0. The number of aliphatic carboxylic acids is 1. The molecule has 0 aromatic carbocycles. The third kappa shape index (κ3) is 4.91. The van der Waals surface area contributed by atoms with Crippen LogP contribution in [0, 0.1) is 5.92 Å². The smallest absolute Gasteiger partial charge is 0.303 e. The normalized spacial score (nSPS) is 10.9. The van der Waals surface area contributed by atoms with E-state index in [0.29, 0.717) is 30.5 Å². The topological polar surface area (TPSA) is 76.2 Å². The molecule has 16 heavy (non-hydrogen) atoms. The van der Waals surface area contributed by atoms with Gasteiger partial charge in [0.25, 0.3) is 0 Å². The van der Waals surface area contributed by atoms with E-state index < -0.39 is 5.97 Å². The highest BCUT2D eigenvalue weighted by atomic mass is 16.4. The molecule has 0 spiro atoms. The van der Waals surface area contributed by atoms with Crippen molar-refractivity contribution in [2.45, 2.75) is 46.0 Å². The highest BCUT2D eigenvalue weighted by Crippen LogP contribution is 2.09. The molecule has 1 aromatic rings. The van der Waals surface area contributed by atoms with E-state index in [-0.39, 0.29) is 6.42 Å². The second kappa shape index (κ2) is 6.25. The Morgan fingerprint density at radius 2 is 2.00 bits per heavy atom. The van der Waals surface area contributed by atoms with E-state index in [4.69, 9.17) is 9.52 Å². The summed E-state index contributed by atoms with van der Waals surface area (Å²) in [4.78, 5) is 10.3. The maximum atomic E-state index is 10.3. The molecule has 1 heterocycles. The van der Waals surface area contributed by atoms with Crippen LogP contribution in [-0.4, -0.2) is 21.3 Å². The molecule has 0 fully saturated rings. The van der Waals surface area contributed by atoms with E-state index in [1.165, 1.54) is 0 Å². The summed E-state index contributed by atoms with van der Waals surface area (Å²) in [7, 11) is 0. The molecular formula is C11H18N2O3. The predicted molar refractivity (Wildman–Crippen MR) is 58.0 cm³/mol. The minimum Gasteiger partial charge on any atom is -0.481 e. The number of carboxylic acids is 1. The Hall–Kier alpha value is -1.39. The quantitative estimate of drug-likeness (QED) is 0.720. The predicted octanol–water partition coefficient (Wildman–Crippen LogP) is 2.07. The number of aryl methyl sites for hydroxylation is 1. The summed E-state index contributed by atoms with van der Waals surface area (Å²) in [6.07, 6.45) is 3.08. The largest absolute Gasteiger partial charge is 0.481 e. The third-order valence-electron chi connectivity index (χ3n) is 2.12. The van der Waals surface area contributed by atoms with Crippen molar-refractivity contribution < 1.29 is 14.3 Å². The van der Waals surface area contributed by atoms with Gasteiger partial charge in [-0.3, -0.25) is 4.79 Å². The number of carbonyl (C=O) groups is 1. The van der Waals surface area contributed by atoms with Crippen molar-refractivity contribution in [1.29, 1.82) is 0 Å². The number of unbranched alkanes of at least 4 members (excludes halogenated alkanes) is 1. The zero-order valence-corrected chi connectivity index (χ0v) is 9.77. The van der Waals surface area contributed by atoms with Gasteiger partial charge in [-0.2, -0.15) is 0 Å². The lowest BCUT2D eigenvalue weighted by atomic mass is 10.1. The van der Waals surface area contributed by atoms with Crippen LogP contribution in [0.3, 0.4) is 0 Å². The van der Waals surface area contributed by atoms with E-state index in [1.807, 2.05) is 0 Å². The molecule has 1 aromatic heterocycles. The standard InChI is InChI=1S/C11H18N2O3/c1-8(2)7-10-13-12-9(16-10)5-3-4-6-11(14)15/h8H,3-7H2,1-2H3,(H,14,15). The Bertz CT molecular complexity index is 334. The van der Waals surface area contributed by atoms with Gasteiger partial charge >= 0.3 is 5.97 Å². The first-order valence-corrected chi connectivity index (χ1v) is 5.61. The number of hydrogen-bond donors (Lipinski definition) is 1. The Morgan fingerprint density at radius 1 is 1.31 bits per heavy atom. The lowest BCUT2D eigenvalue weighted by molar-refractivity contribution is -0.137. The van der Waals surface area contributed by atoms with Crippen molar-refractivity contribution in [3.8, 4) is 0 Å². The van der Waals surface area contributed by atoms with Gasteiger partial charge in [0.1, 0.15) is 0 Å². The van der Waals surface area contributed by atoms with E-state index >= 15 is 0 Å². The Kier molecular flexibility index (Phi) is 4.95. The molecule has 90 valence electrons. The molecule has 0 aliphatic heterocycles. The molecule has 5 nitrogen and oxygen atoms in total. The van der Waals surface area contributed by atoms with Gasteiger partial charge < -0.3 is 9.52 Å². The van der Waals surface area contributed by atoms with Crippen LogP contribution in [0.2, 0.25) is 0 Å². The zero-order chi connectivity index (χ0) is 12.0. The van der Waals surface area contributed by atoms with Gasteiger partial charge in [0, 0.05) is 19.3 Å². The molecule has 0 amide bonds. The Morgan fingerprint density at radius 3 is 2.62 bits per heavy atom. The minimum absolute atomic E-state index is 0.201. The van der Waals surface area contributed by atoms with Crippen molar-refractivity contribution in [3.05, 3.63) is 11.8 Å². The van der Waals surface area contributed by atoms with Crippen LogP contribution in [0.15, 0.2) is 4.42 Å². The summed E-state index contributed by atoms with van der Waals surface area (Å²) >= 11 is 0. The lowest BCUT2D eigenvalue weighted by Gasteiger charge is -1.97. The van der Waals surface area contributed by atoms with Crippen LogP contribution in [0.5, 0.6) is 0 Å². The lowest BCUT2D eigenvalue weighted by Crippen LogP contribution is -1.95. The molecule has 0 aliphatic rings. The highest BCUT2D eigenvalue weighted by Gasteiger charge is 2.07. The van der Waals surface area contributed by atoms with E-state index in [1.54, 1.807) is 0 Å². The maximum Gasteiger partial charge on any atom is 0.303 e. The van der Waals surface area contributed by atoms with Crippen molar-refractivity contribution in [1.82, 2.24) is 10.2 Å². The average Bonchev–Trinajstić information content (AvgIpc) is 2.59. The molecule has 0 saturated carbocycles. The highest BCUT2D eigenvalue weighted by molar-refractivity contribution is 5.66. The van der Waals surface area contributed by atoms with Gasteiger partial charge in [0.2, 0.25) is 11.8 Å². The second-order valence-corrected chi connectivity index (χ2v) is 4.29. The number of nitrogens with zero attached hydrogens (tertiary/aromatic N) is 2. The van der Waals surface area contributed by atoms with Gasteiger partial charge in [-0.1, -0.05) is 13.8 Å². The molecule has 0 saturated heterocycles. The molecule has 1 N–H and O–H groups in total. The summed E-state index contributed by atoms with van der Waals surface area (Å²) < 4.78 is 5.43. The fourth-order valence-electron chi connectivity index (χ4n) is 1.37. The molecule has 5 heteroatoms. The zero-order valence-electron chi connectivity index (χ0n) is 9.77. The summed E-state index contributed by atoms with van der Waals surface area (Å²) in [5, 5.41) is 16.3. The first-order chi connectivity index (χ1) is 7.58. The van der Waals surface area contributed by atoms with E-state index in [0.717, 1.165) is 12.8 Å². The molecule has 0 bridgehead atoms. The fourth-order valence-corrected chi connectivity index (χ4v) is 1.37. The minimum atomic E-state index is -0.758. The fraction of sp³-hybridized carbons (Fsp3) is 0.727. The maximum absolute atomic E-state index is 10.3. The average molecular weight is 226 g/mol. The van der Waals surface area contributed by atoms with Crippen LogP contribution in [0.25, 0.3) is 0 Å². The first-order valence-electron chi connectivity index (χ1n) is 5.61. The van der Waals surface area contributed by atoms with Crippen LogP contribution in [0.1, 0.15) is 44.9 Å². The summed E-state index contributed by atoms with van der Waals surface area (Å²) in [6, 6.07) is 0. The second-order valence-electron chi connectivity index (χ2n) is 4.29. The Balaban J connectivity index is 2.26.